The van der Waals surface area contributed by atoms with Crippen molar-refractivity contribution < 1.29 is 0 Å². The Bertz CT molecular complexity index is 1000. The lowest BCUT2D eigenvalue weighted by atomic mass is 9.78. The van der Waals surface area contributed by atoms with Crippen LogP contribution in [0.5, 0.6) is 0 Å². The van der Waals surface area contributed by atoms with Crippen molar-refractivity contribution in [2.24, 2.45) is 9.98 Å². The smallest absolute Gasteiger partial charge is 0.174 e. The Morgan fingerprint density at radius 2 is 1.57 bits per heavy atom. The van der Waals surface area contributed by atoms with Crippen LogP contribution in [0.3, 0.4) is 0 Å². The molecule has 3 aromatic rings. The van der Waals surface area contributed by atoms with E-state index in [0.29, 0.717) is 18.1 Å². The molecular formula is C25H27ClN4. The molecule has 0 aliphatic heterocycles. The molecule has 1 aromatic heterocycles. The third-order valence-electron chi connectivity index (χ3n) is 5.21. The monoisotopic (exact) mass is 418 g/mol. The first kappa shape index (κ1) is 21.8. The van der Waals surface area contributed by atoms with Gasteiger partial charge in [0.25, 0.3) is 0 Å². The Kier molecular flexibility index (Phi) is 7.11. The quantitative estimate of drug-likeness (QED) is 0.354. The summed E-state index contributed by atoms with van der Waals surface area (Å²) in [5.41, 5.74) is 5.14. The molecule has 4 nitrogen and oxygen atoms in total. The predicted octanol–water partition coefficient (Wildman–Crippen LogP) is 5.90. The molecular weight excluding hydrogens is 392 g/mol. The van der Waals surface area contributed by atoms with Crippen LogP contribution >= 0.6 is 11.6 Å². The van der Waals surface area contributed by atoms with E-state index in [1.165, 1.54) is 16.7 Å². The van der Waals surface area contributed by atoms with Gasteiger partial charge in [-0.2, -0.15) is 5.10 Å². The second-order valence-electron chi connectivity index (χ2n) is 7.78. The predicted molar refractivity (Wildman–Crippen MR) is 126 cm³/mol. The summed E-state index contributed by atoms with van der Waals surface area (Å²) in [5.74, 6) is 0.546. The average molecular weight is 419 g/mol. The van der Waals surface area contributed by atoms with E-state index in [0.717, 1.165) is 23.6 Å². The lowest BCUT2D eigenvalue weighted by Crippen LogP contribution is -2.18. The Morgan fingerprint density at radius 3 is 2.10 bits per heavy atom. The van der Waals surface area contributed by atoms with Crippen LogP contribution in [0, 0.1) is 0 Å². The van der Waals surface area contributed by atoms with Gasteiger partial charge < -0.3 is 0 Å². The van der Waals surface area contributed by atoms with Crippen LogP contribution in [0.25, 0.3) is 0 Å². The molecule has 5 heteroatoms. The second kappa shape index (κ2) is 9.77. The van der Waals surface area contributed by atoms with Crippen LogP contribution in [0.15, 0.2) is 70.6 Å². The van der Waals surface area contributed by atoms with Crippen LogP contribution < -0.4 is 0 Å². The van der Waals surface area contributed by atoms with Crippen molar-refractivity contribution in [2.45, 2.75) is 39.0 Å². The van der Waals surface area contributed by atoms with Gasteiger partial charge in [0.05, 0.1) is 5.69 Å². The van der Waals surface area contributed by atoms with E-state index in [1.807, 2.05) is 24.3 Å². The lowest BCUT2D eigenvalue weighted by Gasteiger charge is -2.26. The van der Waals surface area contributed by atoms with Crippen molar-refractivity contribution in [3.63, 3.8) is 0 Å². The molecule has 0 fully saturated rings. The van der Waals surface area contributed by atoms with Crippen molar-refractivity contribution in [1.82, 2.24) is 10.2 Å². The van der Waals surface area contributed by atoms with Crippen molar-refractivity contribution in [2.75, 3.05) is 6.54 Å². The van der Waals surface area contributed by atoms with Gasteiger partial charge in [-0.05, 0) is 54.1 Å². The summed E-state index contributed by atoms with van der Waals surface area (Å²) in [7, 11) is 0. The second-order valence-corrected chi connectivity index (χ2v) is 8.22. The van der Waals surface area contributed by atoms with Gasteiger partial charge >= 0.3 is 0 Å². The Labute approximate surface area is 183 Å². The van der Waals surface area contributed by atoms with Gasteiger partial charge in [-0.15, -0.1) is 5.10 Å². The first-order valence-electron chi connectivity index (χ1n) is 10.1. The van der Waals surface area contributed by atoms with Crippen molar-refractivity contribution in [3.05, 3.63) is 93.8 Å². The first-order chi connectivity index (χ1) is 14.4. The van der Waals surface area contributed by atoms with Crippen LogP contribution in [0.1, 0.15) is 55.3 Å². The van der Waals surface area contributed by atoms with Crippen LogP contribution in [0.2, 0.25) is 5.02 Å². The fourth-order valence-corrected chi connectivity index (χ4v) is 3.41. The molecule has 0 atom stereocenters. The summed E-state index contributed by atoms with van der Waals surface area (Å²) in [6, 6.07) is 20.6. The van der Waals surface area contributed by atoms with E-state index in [1.54, 1.807) is 0 Å². The maximum atomic E-state index is 6.04. The minimum absolute atomic E-state index is 0.101. The van der Waals surface area contributed by atoms with Crippen molar-refractivity contribution >= 4 is 24.2 Å². The fraction of sp³-hybridized carbons (Fsp3) is 0.280. The largest absolute Gasteiger partial charge is 0.265 e. The molecule has 0 spiro atoms. The molecule has 0 N–H and O–H groups in total. The van der Waals surface area contributed by atoms with Crippen molar-refractivity contribution in [1.29, 1.82) is 0 Å². The Hall–Kier alpha value is -2.85. The van der Waals surface area contributed by atoms with Gasteiger partial charge in [-0.25, -0.2) is 4.99 Å². The number of rotatable bonds is 7. The molecule has 3 rings (SSSR count). The first-order valence-corrected chi connectivity index (χ1v) is 10.5. The molecule has 2 aromatic carbocycles. The molecule has 0 aliphatic rings. The number of halogens is 1. The van der Waals surface area contributed by atoms with E-state index in [9.17, 15) is 0 Å². The minimum atomic E-state index is -0.101. The van der Waals surface area contributed by atoms with E-state index in [-0.39, 0.29) is 5.41 Å². The van der Waals surface area contributed by atoms with Crippen LogP contribution in [-0.4, -0.2) is 29.3 Å². The summed E-state index contributed by atoms with van der Waals surface area (Å²) in [5, 5.41) is 9.38. The summed E-state index contributed by atoms with van der Waals surface area (Å²) < 4.78 is 0. The van der Waals surface area contributed by atoms with Gasteiger partial charge in [0.1, 0.15) is 5.69 Å². The molecule has 0 amide bonds. The molecule has 0 aliphatic carbocycles. The SMILES string of the molecule is C=N/C(=N\CCC)c1ccc(Cc2ccc(C(C)(C)c3ccc(Cl)cc3)cc2)nn1. The zero-order valence-corrected chi connectivity index (χ0v) is 18.5. The summed E-state index contributed by atoms with van der Waals surface area (Å²) >= 11 is 6.04. The maximum Gasteiger partial charge on any atom is 0.174 e. The average Bonchev–Trinajstić information content (AvgIpc) is 2.76. The number of benzene rings is 2. The highest BCUT2D eigenvalue weighted by Crippen LogP contribution is 2.32. The van der Waals surface area contributed by atoms with E-state index in [4.69, 9.17) is 11.6 Å². The Balaban J connectivity index is 1.72. The molecule has 0 bridgehead atoms. The lowest BCUT2D eigenvalue weighted by molar-refractivity contribution is 0.640. The highest BCUT2D eigenvalue weighted by molar-refractivity contribution is 6.30. The molecule has 0 radical (unpaired) electrons. The number of hydrogen-bond acceptors (Lipinski definition) is 3. The molecule has 1 heterocycles. The zero-order chi connectivity index (χ0) is 21.6. The van der Waals surface area contributed by atoms with Gasteiger partial charge in [0, 0.05) is 23.4 Å². The minimum Gasteiger partial charge on any atom is -0.265 e. The third-order valence-corrected chi connectivity index (χ3v) is 5.46. The summed E-state index contributed by atoms with van der Waals surface area (Å²) in [4.78, 5) is 8.35. The van der Waals surface area contributed by atoms with Gasteiger partial charge in [-0.1, -0.05) is 68.8 Å². The van der Waals surface area contributed by atoms with Gasteiger partial charge in [0.2, 0.25) is 0 Å². The number of amidine groups is 1. The molecule has 30 heavy (non-hydrogen) atoms. The zero-order valence-electron chi connectivity index (χ0n) is 17.8. The molecule has 0 saturated carbocycles. The standard InChI is InChI=1S/C25H27ClN4/c1-5-16-28-24(27-4)23-15-14-22(29-30-23)17-18-6-8-19(9-7-18)25(2,3)20-10-12-21(26)13-11-20/h6-15H,4-5,16-17H2,1-3H3/b28-24-. The molecule has 154 valence electrons. The maximum absolute atomic E-state index is 6.04. The van der Waals surface area contributed by atoms with Crippen LogP contribution in [0.4, 0.5) is 0 Å². The van der Waals surface area contributed by atoms with Crippen molar-refractivity contribution in [3.8, 4) is 0 Å². The fourth-order valence-electron chi connectivity index (χ4n) is 3.28. The molecule has 0 unspecified atom stereocenters. The van der Waals surface area contributed by atoms with Crippen LogP contribution in [-0.2, 0) is 11.8 Å². The third kappa shape index (κ3) is 5.19. The number of aromatic nitrogens is 2. The van der Waals surface area contributed by atoms with Gasteiger partial charge in [0.15, 0.2) is 5.84 Å². The molecule has 0 saturated heterocycles. The normalized spacial score (nSPS) is 12.1. The van der Waals surface area contributed by atoms with E-state index in [2.05, 4.69) is 84.1 Å². The highest BCUT2D eigenvalue weighted by atomic mass is 35.5. The number of hydrogen-bond donors (Lipinski definition) is 0. The summed E-state index contributed by atoms with van der Waals surface area (Å²) in [6.07, 6.45) is 1.67. The number of aliphatic imine (C=N–C) groups is 2. The van der Waals surface area contributed by atoms with Gasteiger partial charge in [-0.3, -0.25) is 4.99 Å². The van der Waals surface area contributed by atoms with E-state index < -0.39 is 0 Å². The topological polar surface area (TPSA) is 50.5 Å². The number of nitrogens with zero attached hydrogens (tertiary/aromatic N) is 4. The Morgan fingerprint density at radius 1 is 0.933 bits per heavy atom. The summed E-state index contributed by atoms with van der Waals surface area (Å²) in [6.45, 7) is 10.8. The van der Waals surface area contributed by atoms with E-state index >= 15 is 0 Å². The highest BCUT2D eigenvalue weighted by Gasteiger charge is 2.22.